The highest BCUT2D eigenvalue weighted by molar-refractivity contribution is 5.75. The second-order valence-corrected chi connectivity index (χ2v) is 6.55. The van der Waals surface area contributed by atoms with Crippen LogP contribution in [-0.4, -0.2) is 36.1 Å². The van der Waals surface area contributed by atoms with Crippen molar-refractivity contribution in [2.24, 2.45) is 5.92 Å². The molecule has 3 rings (SSSR count). The van der Waals surface area contributed by atoms with Crippen LogP contribution in [0.5, 0.6) is 5.75 Å². The van der Waals surface area contributed by atoms with Crippen molar-refractivity contribution in [1.29, 1.82) is 0 Å². The fourth-order valence-electron chi connectivity index (χ4n) is 3.19. The number of pyridine rings is 1. The van der Waals surface area contributed by atoms with E-state index >= 15 is 0 Å². The Morgan fingerprint density at radius 2 is 1.92 bits per heavy atom. The SMILES string of the molecule is COc1ccccc1C(NC(=O)N1CCC(C)CC1)c1ccccn1. The number of likely N-dealkylation sites (tertiary alicyclic amines) is 1. The topological polar surface area (TPSA) is 54.5 Å². The first kappa shape index (κ1) is 17.3. The summed E-state index contributed by atoms with van der Waals surface area (Å²) in [5.41, 5.74) is 1.70. The Labute approximate surface area is 149 Å². The normalized spacial score (nSPS) is 16.3. The molecule has 0 aliphatic carbocycles. The van der Waals surface area contributed by atoms with Gasteiger partial charge in [-0.3, -0.25) is 4.98 Å². The summed E-state index contributed by atoms with van der Waals surface area (Å²) in [5, 5.41) is 3.15. The van der Waals surface area contributed by atoms with Crippen LogP contribution in [0.25, 0.3) is 0 Å². The number of amides is 2. The smallest absolute Gasteiger partial charge is 0.318 e. The van der Waals surface area contributed by atoms with E-state index in [1.165, 1.54) is 0 Å². The van der Waals surface area contributed by atoms with E-state index in [0.29, 0.717) is 5.92 Å². The zero-order valence-electron chi connectivity index (χ0n) is 14.8. The number of aromatic nitrogens is 1. The van der Waals surface area contributed by atoms with Gasteiger partial charge < -0.3 is 15.0 Å². The molecule has 2 amide bonds. The predicted octanol–water partition coefficient (Wildman–Crippen LogP) is 3.62. The van der Waals surface area contributed by atoms with E-state index in [0.717, 1.165) is 42.9 Å². The van der Waals surface area contributed by atoms with E-state index in [4.69, 9.17) is 4.74 Å². The molecule has 1 atom stereocenters. The largest absolute Gasteiger partial charge is 0.496 e. The van der Waals surface area contributed by atoms with Crippen molar-refractivity contribution in [2.45, 2.75) is 25.8 Å². The third-order valence-electron chi connectivity index (χ3n) is 4.77. The minimum atomic E-state index is -0.343. The van der Waals surface area contributed by atoms with Crippen LogP contribution in [-0.2, 0) is 0 Å². The number of methoxy groups -OCH3 is 1. The van der Waals surface area contributed by atoms with Gasteiger partial charge in [0.05, 0.1) is 12.8 Å². The molecule has 132 valence electrons. The average molecular weight is 339 g/mol. The highest BCUT2D eigenvalue weighted by Crippen LogP contribution is 2.29. The Morgan fingerprint density at radius 1 is 1.20 bits per heavy atom. The molecule has 0 radical (unpaired) electrons. The Bertz CT molecular complexity index is 697. The Morgan fingerprint density at radius 3 is 2.60 bits per heavy atom. The van der Waals surface area contributed by atoms with Gasteiger partial charge in [-0.2, -0.15) is 0 Å². The van der Waals surface area contributed by atoms with Gasteiger partial charge in [0.1, 0.15) is 11.8 Å². The van der Waals surface area contributed by atoms with Gasteiger partial charge in [-0.05, 0) is 37.0 Å². The van der Waals surface area contributed by atoms with E-state index in [1.54, 1.807) is 13.3 Å². The zero-order chi connectivity index (χ0) is 17.6. The molecule has 2 aromatic rings. The second kappa shape index (κ2) is 8.01. The molecule has 0 spiro atoms. The summed E-state index contributed by atoms with van der Waals surface area (Å²) >= 11 is 0. The van der Waals surface area contributed by atoms with Crippen LogP contribution >= 0.6 is 0 Å². The van der Waals surface area contributed by atoms with Gasteiger partial charge >= 0.3 is 6.03 Å². The summed E-state index contributed by atoms with van der Waals surface area (Å²) in [6.07, 6.45) is 3.85. The quantitative estimate of drug-likeness (QED) is 0.925. The van der Waals surface area contributed by atoms with Crippen LogP contribution in [0.15, 0.2) is 48.7 Å². The summed E-state index contributed by atoms with van der Waals surface area (Å²) in [5.74, 6) is 1.43. The number of nitrogens with one attached hydrogen (secondary N) is 1. The third-order valence-corrected chi connectivity index (χ3v) is 4.77. The van der Waals surface area contributed by atoms with Crippen LogP contribution in [0, 0.1) is 5.92 Å². The Hall–Kier alpha value is -2.56. The first-order valence-electron chi connectivity index (χ1n) is 8.78. The van der Waals surface area contributed by atoms with E-state index in [1.807, 2.05) is 47.4 Å². The Kier molecular flexibility index (Phi) is 5.53. The van der Waals surface area contributed by atoms with Crippen molar-refractivity contribution in [3.8, 4) is 5.75 Å². The first-order valence-corrected chi connectivity index (χ1v) is 8.78. The van der Waals surface area contributed by atoms with Crippen LogP contribution in [0.2, 0.25) is 0 Å². The molecule has 0 bridgehead atoms. The number of carbonyl (C=O) groups excluding carboxylic acids is 1. The molecule has 5 nitrogen and oxygen atoms in total. The predicted molar refractivity (Wildman–Crippen MR) is 97.6 cm³/mol. The van der Waals surface area contributed by atoms with Gasteiger partial charge in [0.25, 0.3) is 0 Å². The van der Waals surface area contributed by atoms with Gasteiger partial charge in [-0.25, -0.2) is 4.79 Å². The third kappa shape index (κ3) is 4.10. The number of rotatable bonds is 4. The number of hydrogen-bond acceptors (Lipinski definition) is 3. The maximum atomic E-state index is 12.8. The number of nitrogens with zero attached hydrogens (tertiary/aromatic N) is 2. The number of benzene rings is 1. The van der Waals surface area contributed by atoms with Gasteiger partial charge in [-0.15, -0.1) is 0 Å². The standard InChI is InChI=1S/C20H25N3O2/c1-15-10-13-23(14-11-15)20(24)22-19(17-8-5-6-12-21-17)16-7-3-4-9-18(16)25-2/h3-9,12,15,19H,10-11,13-14H2,1-2H3,(H,22,24). The highest BCUT2D eigenvalue weighted by atomic mass is 16.5. The number of hydrogen-bond donors (Lipinski definition) is 1. The number of urea groups is 1. The summed E-state index contributed by atoms with van der Waals surface area (Å²) in [6.45, 7) is 3.84. The molecule has 1 aliphatic heterocycles. The lowest BCUT2D eigenvalue weighted by Gasteiger charge is -2.32. The molecule has 0 saturated carbocycles. The van der Waals surface area contributed by atoms with Crippen molar-refractivity contribution in [3.05, 3.63) is 59.9 Å². The maximum Gasteiger partial charge on any atom is 0.318 e. The monoisotopic (exact) mass is 339 g/mol. The van der Waals surface area contributed by atoms with Crippen LogP contribution in [0.4, 0.5) is 4.79 Å². The zero-order valence-corrected chi connectivity index (χ0v) is 14.8. The van der Waals surface area contributed by atoms with Gasteiger partial charge in [0.15, 0.2) is 0 Å². The molecular weight excluding hydrogens is 314 g/mol. The summed E-state index contributed by atoms with van der Waals surface area (Å²) in [6, 6.07) is 13.1. The lowest BCUT2D eigenvalue weighted by atomic mass is 9.99. The van der Waals surface area contributed by atoms with Crippen LogP contribution < -0.4 is 10.1 Å². The summed E-state index contributed by atoms with van der Waals surface area (Å²) < 4.78 is 5.50. The molecule has 2 heterocycles. The molecule has 1 saturated heterocycles. The van der Waals surface area contributed by atoms with Crippen molar-refractivity contribution >= 4 is 6.03 Å². The fraction of sp³-hybridized carbons (Fsp3) is 0.400. The van der Waals surface area contributed by atoms with Crippen molar-refractivity contribution in [2.75, 3.05) is 20.2 Å². The second-order valence-electron chi connectivity index (χ2n) is 6.55. The van der Waals surface area contributed by atoms with Crippen molar-refractivity contribution < 1.29 is 9.53 Å². The molecule has 1 aromatic carbocycles. The summed E-state index contributed by atoms with van der Waals surface area (Å²) in [4.78, 5) is 19.2. The first-order chi connectivity index (χ1) is 12.2. The van der Waals surface area contributed by atoms with Crippen molar-refractivity contribution in [1.82, 2.24) is 15.2 Å². The van der Waals surface area contributed by atoms with Gasteiger partial charge in [0.2, 0.25) is 0 Å². The average Bonchev–Trinajstić information content (AvgIpc) is 2.67. The molecule has 1 aromatic heterocycles. The lowest BCUT2D eigenvalue weighted by molar-refractivity contribution is 0.171. The minimum Gasteiger partial charge on any atom is -0.496 e. The van der Waals surface area contributed by atoms with E-state index in [2.05, 4.69) is 17.2 Å². The van der Waals surface area contributed by atoms with Crippen molar-refractivity contribution in [3.63, 3.8) is 0 Å². The molecule has 1 unspecified atom stereocenters. The van der Waals surface area contributed by atoms with E-state index < -0.39 is 0 Å². The van der Waals surface area contributed by atoms with Crippen LogP contribution in [0.1, 0.15) is 37.1 Å². The molecule has 25 heavy (non-hydrogen) atoms. The number of carbonyl (C=O) groups is 1. The molecule has 1 aliphatic rings. The highest BCUT2D eigenvalue weighted by Gasteiger charge is 2.26. The molecule has 1 N–H and O–H groups in total. The van der Waals surface area contributed by atoms with Gasteiger partial charge in [0, 0.05) is 24.8 Å². The van der Waals surface area contributed by atoms with E-state index in [-0.39, 0.29) is 12.1 Å². The van der Waals surface area contributed by atoms with E-state index in [9.17, 15) is 4.79 Å². The molecule has 1 fully saturated rings. The number of piperidine rings is 1. The van der Waals surface area contributed by atoms with Crippen LogP contribution in [0.3, 0.4) is 0 Å². The number of para-hydroxylation sites is 1. The summed E-state index contributed by atoms with van der Waals surface area (Å²) in [7, 11) is 1.64. The van der Waals surface area contributed by atoms with Gasteiger partial charge in [-0.1, -0.05) is 31.2 Å². The fourth-order valence-corrected chi connectivity index (χ4v) is 3.19. The number of ether oxygens (including phenoxy) is 1. The Balaban J connectivity index is 1.86. The minimum absolute atomic E-state index is 0.0477. The molecule has 5 heteroatoms. The maximum absolute atomic E-state index is 12.8. The molecular formula is C20H25N3O2. The lowest BCUT2D eigenvalue weighted by Crippen LogP contribution is -2.45.